The van der Waals surface area contributed by atoms with Gasteiger partial charge in [-0.05, 0) is 36.4 Å². The minimum atomic E-state index is -4.27. The van der Waals surface area contributed by atoms with Crippen LogP contribution in [0, 0.1) is 0 Å². The predicted molar refractivity (Wildman–Crippen MR) is 118 cm³/mol. The van der Waals surface area contributed by atoms with E-state index in [4.69, 9.17) is 0 Å². The van der Waals surface area contributed by atoms with Crippen molar-refractivity contribution < 1.29 is 16.8 Å². The highest BCUT2D eigenvalue weighted by Gasteiger charge is 2.63. The molecule has 7 heteroatoms. The molecule has 0 radical (unpaired) electrons. The van der Waals surface area contributed by atoms with Gasteiger partial charge in [0.05, 0.1) is 15.5 Å². The lowest BCUT2D eigenvalue weighted by atomic mass is 10.0. The molecule has 154 valence electrons. The summed E-state index contributed by atoms with van der Waals surface area (Å²) >= 11 is 0. The Balaban J connectivity index is 1.96. The van der Waals surface area contributed by atoms with Crippen LogP contribution in [-0.2, 0) is 19.7 Å². The second kappa shape index (κ2) is 7.41. The smallest absolute Gasteiger partial charge is 0.224 e. The molecule has 0 N–H and O–H groups in total. The number of benzene rings is 3. The highest BCUT2D eigenvalue weighted by Crippen LogP contribution is 2.51. The Labute approximate surface area is 177 Å². The molecule has 1 aliphatic carbocycles. The van der Waals surface area contributed by atoms with Crippen LogP contribution in [0.5, 0.6) is 0 Å². The van der Waals surface area contributed by atoms with E-state index in [1.807, 2.05) is 30.3 Å². The standard InChI is InChI=1S/C23H21NO4S2/c1-24(19-11-5-2-6-12-19)22-17-18-23(22,29(25,26)20-13-7-3-8-14-20)30(27,28)21-15-9-4-10-16-21/h2-17H,18H2,1H3. The first-order chi connectivity index (χ1) is 14.3. The number of para-hydroxylation sites is 1. The lowest BCUT2D eigenvalue weighted by Crippen LogP contribution is -2.56. The maximum atomic E-state index is 13.9. The fraction of sp³-hybridized carbons (Fsp3) is 0.130. The topological polar surface area (TPSA) is 71.5 Å². The Morgan fingerprint density at radius 2 is 1.07 bits per heavy atom. The SMILES string of the molecule is CN(C1=CCC1(S(=O)(=O)c1ccccc1)S(=O)(=O)c1ccccc1)c1ccccc1. The van der Waals surface area contributed by atoms with Gasteiger partial charge in [0.25, 0.3) is 0 Å². The Morgan fingerprint density at radius 3 is 1.43 bits per heavy atom. The highest BCUT2D eigenvalue weighted by atomic mass is 32.3. The Hall–Kier alpha value is -2.90. The number of nitrogens with zero attached hydrogens (tertiary/aromatic N) is 1. The summed E-state index contributed by atoms with van der Waals surface area (Å²) < 4.78 is 53.3. The van der Waals surface area contributed by atoms with Crippen LogP contribution in [0.2, 0.25) is 0 Å². The molecule has 0 heterocycles. The van der Waals surface area contributed by atoms with Gasteiger partial charge < -0.3 is 4.90 Å². The summed E-state index contributed by atoms with van der Waals surface area (Å²) in [4.78, 5) is 1.61. The van der Waals surface area contributed by atoms with Crippen LogP contribution in [-0.4, -0.2) is 28.0 Å². The lowest BCUT2D eigenvalue weighted by molar-refractivity contribution is 0.538. The van der Waals surface area contributed by atoms with E-state index in [9.17, 15) is 16.8 Å². The van der Waals surface area contributed by atoms with Crippen LogP contribution in [0.15, 0.2) is 113 Å². The summed E-state index contributed by atoms with van der Waals surface area (Å²) in [5.74, 6) is 0. The molecular formula is C23H21NO4S2. The molecule has 30 heavy (non-hydrogen) atoms. The Morgan fingerprint density at radius 1 is 0.667 bits per heavy atom. The zero-order valence-corrected chi connectivity index (χ0v) is 18.0. The van der Waals surface area contributed by atoms with Gasteiger partial charge in [0.1, 0.15) is 0 Å². The average Bonchev–Trinajstić information content (AvgIpc) is 2.74. The molecule has 0 amide bonds. The van der Waals surface area contributed by atoms with Crippen LogP contribution in [0.3, 0.4) is 0 Å². The first-order valence-electron chi connectivity index (χ1n) is 9.41. The molecule has 3 aromatic carbocycles. The van der Waals surface area contributed by atoms with Crippen molar-refractivity contribution in [1.82, 2.24) is 0 Å². The van der Waals surface area contributed by atoms with Crippen LogP contribution >= 0.6 is 0 Å². The Bertz CT molecular complexity index is 1220. The number of sulfone groups is 2. The van der Waals surface area contributed by atoms with Gasteiger partial charge in [-0.1, -0.05) is 60.7 Å². The van der Waals surface area contributed by atoms with E-state index < -0.39 is 23.8 Å². The first kappa shape index (κ1) is 20.4. The van der Waals surface area contributed by atoms with E-state index in [1.165, 1.54) is 24.3 Å². The molecule has 4 rings (SSSR count). The zero-order valence-electron chi connectivity index (χ0n) is 16.3. The maximum Gasteiger partial charge on any atom is 0.224 e. The van der Waals surface area contributed by atoms with E-state index in [0.717, 1.165) is 0 Å². The molecule has 1 aliphatic rings. The number of allylic oxidation sites excluding steroid dienone is 1. The average molecular weight is 440 g/mol. The van der Waals surface area contributed by atoms with Crippen LogP contribution in [0.4, 0.5) is 5.69 Å². The molecule has 0 spiro atoms. The van der Waals surface area contributed by atoms with Crippen molar-refractivity contribution >= 4 is 25.4 Å². The van der Waals surface area contributed by atoms with E-state index in [0.29, 0.717) is 5.69 Å². The van der Waals surface area contributed by atoms with Gasteiger partial charge in [0.2, 0.25) is 23.8 Å². The van der Waals surface area contributed by atoms with Crippen molar-refractivity contribution in [3.8, 4) is 0 Å². The van der Waals surface area contributed by atoms with Crippen molar-refractivity contribution in [2.75, 3.05) is 11.9 Å². The largest absolute Gasteiger partial charge is 0.346 e. The predicted octanol–water partition coefficient (Wildman–Crippen LogP) is 4.05. The number of anilines is 1. The second-order valence-corrected chi connectivity index (χ2v) is 11.7. The summed E-state index contributed by atoms with van der Waals surface area (Å²) in [5, 5.41) is 0. The number of hydrogen-bond donors (Lipinski definition) is 0. The fourth-order valence-corrected chi connectivity index (χ4v) is 8.88. The van der Waals surface area contributed by atoms with Gasteiger partial charge >= 0.3 is 0 Å². The monoisotopic (exact) mass is 439 g/mol. The zero-order chi connectivity index (χ0) is 21.4. The van der Waals surface area contributed by atoms with Crippen molar-refractivity contribution in [2.45, 2.75) is 20.3 Å². The summed E-state index contributed by atoms with van der Waals surface area (Å²) in [6, 6.07) is 24.7. The summed E-state index contributed by atoms with van der Waals surface area (Å²) in [7, 11) is -6.85. The van der Waals surface area contributed by atoms with Crippen molar-refractivity contribution in [1.29, 1.82) is 0 Å². The van der Waals surface area contributed by atoms with Crippen molar-refractivity contribution in [2.24, 2.45) is 0 Å². The van der Waals surface area contributed by atoms with Crippen LogP contribution < -0.4 is 4.90 Å². The van der Waals surface area contributed by atoms with Crippen molar-refractivity contribution in [3.05, 3.63) is 103 Å². The molecule has 0 aliphatic heterocycles. The normalized spacial score (nSPS) is 15.7. The van der Waals surface area contributed by atoms with Crippen LogP contribution in [0.1, 0.15) is 6.42 Å². The molecule has 3 aromatic rings. The van der Waals surface area contributed by atoms with E-state index in [2.05, 4.69) is 0 Å². The Kier molecular flexibility index (Phi) is 5.03. The van der Waals surface area contributed by atoms with Gasteiger partial charge in [0, 0.05) is 19.2 Å². The minimum absolute atomic E-state index is 0.0171. The third-order valence-corrected chi connectivity index (χ3v) is 11.0. The van der Waals surface area contributed by atoms with E-state index in [1.54, 1.807) is 54.4 Å². The third kappa shape index (κ3) is 2.88. The first-order valence-corrected chi connectivity index (χ1v) is 12.4. The molecule has 0 aromatic heterocycles. The highest BCUT2D eigenvalue weighted by molar-refractivity contribution is 8.10. The molecule has 0 atom stereocenters. The van der Waals surface area contributed by atoms with Gasteiger partial charge in [-0.2, -0.15) is 0 Å². The molecule has 0 bridgehead atoms. The summed E-state index contributed by atoms with van der Waals surface area (Å²) in [5.41, 5.74) is 0.945. The van der Waals surface area contributed by atoms with Gasteiger partial charge in [-0.25, -0.2) is 16.8 Å². The summed E-state index contributed by atoms with van der Waals surface area (Å²) in [6.07, 6.45) is 1.56. The fourth-order valence-electron chi connectivity index (χ4n) is 3.76. The maximum absolute atomic E-state index is 13.9. The molecule has 5 nitrogen and oxygen atoms in total. The van der Waals surface area contributed by atoms with Gasteiger partial charge in [-0.15, -0.1) is 0 Å². The minimum Gasteiger partial charge on any atom is -0.346 e. The molecule has 0 unspecified atom stereocenters. The van der Waals surface area contributed by atoms with Gasteiger partial charge in [0.15, 0.2) is 0 Å². The lowest BCUT2D eigenvalue weighted by Gasteiger charge is -2.44. The molecule has 0 fully saturated rings. The van der Waals surface area contributed by atoms with Crippen molar-refractivity contribution in [3.63, 3.8) is 0 Å². The van der Waals surface area contributed by atoms with Gasteiger partial charge in [-0.3, -0.25) is 0 Å². The van der Waals surface area contributed by atoms with Crippen LogP contribution in [0.25, 0.3) is 0 Å². The van der Waals surface area contributed by atoms with E-state index in [-0.39, 0.29) is 21.9 Å². The summed E-state index contributed by atoms with van der Waals surface area (Å²) in [6.45, 7) is 0. The van der Waals surface area contributed by atoms with E-state index >= 15 is 0 Å². The number of hydrogen-bond acceptors (Lipinski definition) is 5. The number of rotatable bonds is 6. The molecule has 0 saturated carbocycles. The quantitative estimate of drug-likeness (QED) is 0.579. The molecule has 0 saturated heterocycles. The second-order valence-electron chi connectivity index (χ2n) is 7.07. The molecular weight excluding hydrogens is 418 g/mol. The third-order valence-electron chi connectivity index (χ3n) is 5.43.